The summed E-state index contributed by atoms with van der Waals surface area (Å²) in [5.74, 6) is 1.63. The Hall–Kier alpha value is -0.120. The zero-order valence-electron chi connectivity index (χ0n) is 12.2. The van der Waals surface area contributed by atoms with Crippen molar-refractivity contribution in [3.05, 3.63) is 0 Å². The number of nitrogens with zero attached hydrogens (tertiary/aromatic N) is 1. The van der Waals surface area contributed by atoms with Gasteiger partial charge in [-0.05, 0) is 38.5 Å². The van der Waals surface area contributed by atoms with E-state index < -0.39 is 0 Å². The normalized spacial score (nSPS) is 29.1. The first kappa shape index (κ1) is 14.9. The minimum absolute atomic E-state index is 0.238. The fraction of sp³-hybridized carbons (Fsp3) is 1.00. The molecular weight excluding hydrogens is 212 g/mol. The van der Waals surface area contributed by atoms with Gasteiger partial charge in [0.25, 0.3) is 0 Å². The summed E-state index contributed by atoms with van der Waals surface area (Å²) in [5, 5.41) is 0. The van der Waals surface area contributed by atoms with Crippen LogP contribution in [-0.4, -0.2) is 43.3 Å². The lowest BCUT2D eigenvalue weighted by atomic mass is 9.63. The molecule has 102 valence electrons. The van der Waals surface area contributed by atoms with Crippen LogP contribution < -0.4 is 5.73 Å². The van der Waals surface area contributed by atoms with Crippen LogP contribution in [0.3, 0.4) is 0 Å². The molecule has 1 saturated carbocycles. The number of hydrogen-bond donors (Lipinski definition) is 1. The number of hydrogen-bond acceptors (Lipinski definition) is 3. The first-order chi connectivity index (χ1) is 7.96. The molecule has 0 amide bonds. The van der Waals surface area contributed by atoms with Crippen molar-refractivity contribution in [1.82, 2.24) is 4.90 Å². The topological polar surface area (TPSA) is 38.5 Å². The highest BCUT2D eigenvalue weighted by atomic mass is 16.5. The van der Waals surface area contributed by atoms with Crippen molar-refractivity contribution in [2.24, 2.45) is 17.6 Å². The number of ether oxygens (including phenoxy) is 1. The predicted molar refractivity (Wildman–Crippen MR) is 73.1 cm³/mol. The van der Waals surface area contributed by atoms with E-state index in [-0.39, 0.29) is 5.54 Å². The van der Waals surface area contributed by atoms with Crippen molar-refractivity contribution in [2.75, 3.05) is 26.8 Å². The molecule has 0 atom stereocenters. The van der Waals surface area contributed by atoms with Crippen molar-refractivity contribution in [3.63, 3.8) is 0 Å². The Kier molecular flexibility index (Phi) is 5.42. The Morgan fingerprint density at radius 1 is 1.29 bits per heavy atom. The van der Waals surface area contributed by atoms with Gasteiger partial charge in [-0.3, -0.25) is 4.90 Å². The fourth-order valence-corrected chi connectivity index (χ4v) is 3.14. The van der Waals surface area contributed by atoms with E-state index in [1.165, 1.54) is 12.8 Å². The van der Waals surface area contributed by atoms with Gasteiger partial charge in [-0.25, -0.2) is 0 Å². The molecule has 0 aromatic carbocycles. The summed E-state index contributed by atoms with van der Waals surface area (Å²) in [6.07, 6.45) is 2.51. The standard InChI is InChI=1S/C14H30N2O/c1-11(2)13-8-14(9-13,10-15)16(12(3)4)6-7-17-5/h11-13H,6-10,15H2,1-5H3. The third-order valence-corrected chi connectivity index (χ3v) is 4.38. The molecule has 0 aromatic heterocycles. The zero-order chi connectivity index (χ0) is 13.1. The summed E-state index contributed by atoms with van der Waals surface area (Å²) in [6.45, 7) is 11.7. The molecule has 0 unspecified atom stereocenters. The maximum absolute atomic E-state index is 6.06. The van der Waals surface area contributed by atoms with Gasteiger partial charge in [0, 0.05) is 31.8 Å². The van der Waals surface area contributed by atoms with Gasteiger partial charge < -0.3 is 10.5 Å². The monoisotopic (exact) mass is 242 g/mol. The van der Waals surface area contributed by atoms with E-state index in [1.54, 1.807) is 7.11 Å². The van der Waals surface area contributed by atoms with E-state index >= 15 is 0 Å². The van der Waals surface area contributed by atoms with Crippen LogP contribution in [-0.2, 0) is 4.74 Å². The summed E-state index contributed by atoms with van der Waals surface area (Å²) in [6, 6.07) is 0.543. The SMILES string of the molecule is COCCN(C(C)C)C1(CN)CC(C(C)C)C1. The average molecular weight is 242 g/mol. The molecule has 1 aliphatic rings. The molecule has 1 fully saturated rings. The molecule has 0 heterocycles. The largest absolute Gasteiger partial charge is 0.383 e. The Balaban J connectivity index is 2.64. The van der Waals surface area contributed by atoms with Crippen LogP contribution >= 0.6 is 0 Å². The quantitative estimate of drug-likeness (QED) is 0.743. The summed E-state index contributed by atoms with van der Waals surface area (Å²) in [7, 11) is 1.77. The van der Waals surface area contributed by atoms with Gasteiger partial charge in [-0.15, -0.1) is 0 Å². The summed E-state index contributed by atoms with van der Waals surface area (Å²) in [4.78, 5) is 2.55. The third kappa shape index (κ3) is 3.21. The van der Waals surface area contributed by atoms with Crippen molar-refractivity contribution in [3.8, 4) is 0 Å². The van der Waals surface area contributed by atoms with E-state index in [0.717, 1.165) is 31.5 Å². The highest BCUT2D eigenvalue weighted by Crippen LogP contribution is 2.46. The third-order valence-electron chi connectivity index (χ3n) is 4.38. The Morgan fingerprint density at radius 3 is 2.24 bits per heavy atom. The smallest absolute Gasteiger partial charge is 0.0590 e. The minimum atomic E-state index is 0.238. The van der Waals surface area contributed by atoms with E-state index in [4.69, 9.17) is 10.5 Å². The van der Waals surface area contributed by atoms with Crippen molar-refractivity contribution < 1.29 is 4.74 Å². The molecule has 0 aromatic rings. The lowest BCUT2D eigenvalue weighted by Gasteiger charge is -2.57. The highest BCUT2D eigenvalue weighted by molar-refractivity contribution is 5.04. The van der Waals surface area contributed by atoms with E-state index in [2.05, 4.69) is 32.6 Å². The zero-order valence-corrected chi connectivity index (χ0v) is 12.2. The van der Waals surface area contributed by atoms with E-state index in [0.29, 0.717) is 6.04 Å². The lowest BCUT2D eigenvalue weighted by molar-refractivity contribution is -0.0611. The molecule has 17 heavy (non-hydrogen) atoms. The molecule has 2 N–H and O–H groups in total. The summed E-state index contributed by atoms with van der Waals surface area (Å²) < 4.78 is 5.22. The Bertz CT molecular complexity index is 222. The molecule has 0 bridgehead atoms. The van der Waals surface area contributed by atoms with Gasteiger partial charge in [0.15, 0.2) is 0 Å². The van der Waals surface area contributed by atoms with Crippen molar-refractivity contribution in [2.45, 2.75) is 52.1 Å². The number of methoxy groups -OCH3 is 1. The molecule has 1 aliphatic carbocycles. The van der Waals surface area contributed by atoms with Crippen LogP contribution in [0.25, 0.3) is 0 Å². The Morgan fingerprint density at radius 2 is 1.88 bits per heavy atom. The molecule has 3 heteroatoms. The molecular formula is C14H30N2O. The van der Waals surface area contributed by atoms with E-state index in [9.17, 15) is 0 Å². The van der Waals surface area contributed by atoms with Gasteiger partial charge in [0.05, 0.1) is 6.61 Å². The molecule has 1 rings (SSSR count). The lowest BCUT2D eigenvalue weighted by Crippen LogP contribution is -2.64. The van der Waals surface area contributed by atoms with Crippen LogP contribution in [0.4, 0.5) is 0 Å². The fourth-order valence-electron chi connectivity index (χ4n) is 3.14. The summed E-state index contributed by atoms with van der Waals surface area (Å²) in [5.41, 5.74) is 6.30. The second-order valence-corrected chi connectivity index (χ2v) is 6.12. The van der Waals surface area contributed by atoms with Crippen LogP contribution in [0, 0.1) is 11.8 Å². The highest BCUT2D eigenvalue weighted by Gasteiger charge is 2.48. The minimum Gasteiger partial charge on any atom is -0.383 e. The van der Waals surface area contributed by atoms with Crippen LogP contribution in [0.1, 0.15) is 40.5 Å². The molecule has 0 aliphatic heterocycles. The first-order valence-electron chi connectivity index (χ1n) is 6.92. The van der Waals surface area contributed by atoms with Crippen LogP contribution in [0.2, 0.25) is 0 Å². The van der Waals surface area contributed by atoms with E-state index in [1.807, 2.05) is 0 Å². The van der Waals surface area contributed by atoms with Gasteiger partial charge in [0.2, 0.25) is 0 Å². The number of nitrogens with two attached hydrogens (primary N) is 1. The molecule has 0 saturated heterocycles. The van der Waals surface area contributed by atoms with Gasteiger partial charge in [-0.1, -0.05) is 13.8 Å². The first-order valence-corrected chi connectivity index (χ1v) is 6.92. The number of rotatable bonds is 7. The molecule has 0 radical (unpaired) electrons. The van der Waals surface area contributed by atoms with Crippen molar-refractivity contribution in [1.29, 1.82) is 0 Å². The van der Waals surface area contributed by atoms with Crippen molar-refractivity contribution >= 4 is 0 Å². The van der Waals surface area contributed by atoms with Gasteiger partial charge in [0.1, 0.15) is 0 Å². The average Bonchev–Trinajstić information content (AvgIpc) is 2.20. The van der Waals surface area contributed by atoms with Gasteiger partial charge >= 0.3 is 0 Å². The van der Waals surface area contributed by atoms with Gasteiger partial charge in [-0.2, -0.15) is 0 Å². The maximum Gasteiger partial charge on any atom is 0.0590 e. The maximum atomic E-state index is 6.06. The van der Waals surface area contributed by atoms with Crippen LogP contribution in [0.15, 0.2) is 0 Å². The molecule has 3 nitrogen and oxygen atoms in total. The van der Waals surface area contributed by atoms with Crippen LogP contribution in [0.5, 0.6) is 0 Å². The summed E-state index contributed by atoms with van der Waals surface area (Å²) >= 11 is 0. The predicted octanol–water partition coefficient (Wildman–Crippen LogP) is 2.11. The molecule has 0 spiro atoms. The Labute approximate surface area is 107 Å². The second-order valence-electron chi connectivity index (χ2n) is 6.12. The second kappa shape index (κ2) is 6.17.